The van der Waals surface area contributed by atoms with Gasteiger partial charge in [-0.05, 0) is 19.1 Å². The molecule has 0 saturated heterocycles. The summed E-state index contributed by atoms with van der Waals surface area (Å²) in [6.07, 6.45) is -2.38. The topological polar surface area (TPSA) is 9.23 Å². The molecule has 78 valence electrons. The van der Waals surface area contributed by atoms with Crippen LogP contribution in [0.25, 0.3) is 0 Å². The first-order valence-electron chi connectivity index (χ1n) is 4.22. The van der Waals surface area contributed by atoms with E-state index < -0.39 is 30.0 Å². The van der Waals surface area contributed by atoms with Gasteiger partial charge in [-0.25, -0.2) is 4.39 Å². The molecule has 0 fully saturated rings. The summed E-state index contributed by atoms with van der Waals surface area (Å²) in [7, 11) is -2.38. The van der Waals surface area contributed by atoms with Crippen LogP contribution in [0.1, 0.15) is 6.42 Å². The van der Waals surface area contributed by atoms with E-state index in [1.165, 1.54) is 0 Å². The maximum absolute atomic E-state index is 12.4. The quantitative estimate of drug-likeness (QED) is 0.657. The number of hydrogen-bond acceptors (Lipinski definition) is 1. The van der Waals surface area contributed by atoms with Crippen molar-refractivity contribution >= 4 is 18.1 Å². The van der Waals surface area contributed by atoms with Crippen molar-refractivity contribution in [1.29, 1.82) is 0 Å². The second-order valence-electron chi connectivity index (χ2n) is 3.36. The number of rotatable bonds is 5. The van der Waals surface area contributed by atoms with Crippen molar-refractivity contribution in [2.24, 2.45) is 0 Å². The fourth-order valence-corrected chi connectivity index (χ4v) is 5.49. The van der Waals surface area contributed by atoms with Crippen LogP contribution in [0, 0.1) is 0 Å². The first kappa shape index (κ1) is 12.9. The second-order valence-corrected chi connectivity index (χ2v) is 9.11. The zero-order chi connectivity index (χ0) is 10.5. The van der Waals surface area contributed by atoms with Gasteiger partial charge in [0.05, 0.1) is 0 Å². The van der Waals surface area contributed by atoms with Crippen LogP contribution in [-0.2, 0) is 4.12 Å². The molecule has 0 aliphatic rings. The summed E-state index contributed by atoms with van der Waals surface area (Å²) in [5, 5.41) is 0. The van der Waals surface area contributed by atoms with Crippen molar-refractivity contribution in [1.82, 2.24) is 0 Å². The third-order valence-corrected chi connectivity index (χ3v) is 7.42. The first-order valence-corrected chi connectivity index (χ1v) is 9.33. The minimum atomic E-state index is -2.20. The Balaban J connectivity index is 3.95. The zero-order valence-electron chi connectivity index (χ0n) is 8.16. The maximum atomic E-state index is 12.4. The van der Waals surface area contributed by atoms with Crippen molar-refractivity contribution in [2.45, 2.75) is 32.1 Å². The van der Waals surface area contributed by atoms with Gasteiger partial charge in [-0.3, -0.25) is 0 Å². The Kier molecular flexibility index (Phi) is 5.58. The van der Waals surface area contributed by atoms with E-state index >= 15 is 0 Å². The average molecular weight is 228 g/mol. The van der Waals surface area contributed by atoms with Crippen LogP contribution in [0.15, 0.2) is 11.9 Å². The van der Waals surface area contributed by atoms with Crippen LogP contribution < -0.4 is 0 Å². The van der Waals surface area contributed by atoms with Crippen LogP contribution in [0.4, 0.5) is 13.2 Å². The highest BCUT2D eigenvalue weighted by molar-refractivity contribution is 6.75. The minimum absolute atomic E-state index is 0.185. The standard InChI is InChI=1S/C7H15F3OSi2/c1-12-11-13(2,3)5-4-6(8)7(9)10/h4-5,12H2,1-3H3. The van der Waals surface area contributed by atoms with Gasteiger partial charge in [0.15, 0.2) is 14.1 Å². The van der Waals surface area contributed by atoms with E-state index in [1.807, 2.05) is 19.6 Å². The van der Waals surface area contributed by atoms with Gasteiger partial charge in [0.2, 0.25) is 0 Å². The Labute approximate surface area is 80.1 Å². The van der Waals surface area contributed by atoms with Gasteiger partial charge in [-0.15, -0.1) is 0 Å². The largest absolute Gasteiger partial charge is 0.461 e. The molecule has 0 aliphatic carbocycles. The molecule has 0 radical (unpaired) electrons. The lowest BCUT2D eigenvalue weighted by atomic mass is 10.4. The van der Waals surface area contributed by atoms with Crippen molar-refractivity contribution in [3.05, 3.63) is 11.9 Å². The molecule has 0 bridgehead atoms. The Hall–Kier alpha value is -0.0762. The summed E-state index contributed by atoms with van der Waals surface area (Å²) >= 11 is 0. The molecule has 0 heterocycles. The highest BCUT2D eigenvalue weighted by Crippen LogP contribution is 2.21. The smallest absolute Gasteiger partial charge is 0.301 e. The molecule has 1 nitrogen and oxygen atoms in total. The van der Waals surface area contributed by atoms with Gasteiger partial charge in [-0.2, -0.15) is 8.78 Å². The van der Waals surface area contributed by atoms with Gasteiger partial charge in [0, 0.05) is 6.42 Å². The fourth-order valence-electron chi connectivity index (χ4n) is 0.968. The highest BCUT2D eigenvalue weighted by Gasteiger charge is 2.22. The van der Waals surface area contributed by atoms with E-state index in [-0.39, 0.29) is 6.42 Å². The summed E-state index contributed by atoms with van der Waals surface area (Å²) < 4.78 is 41.3. The monoisotopic (exact) mass is 228 g/mol. The molecule has 0 aliphatic heterocycles. The van der Waals surface area contributed by atoms with Gasteiger partial charge < -0.3 is 4.12 Å². The SMILES string of the molecule is C[SiH2]O[Si](C)(C)CCC(F)=C(F)F. The lowest BCUT2D eigenvalue weighted by Gasteiger charge is -2.21. The average Bonchev–Trinajstić information content (AvgIpc) is 2.00. The maximum Gasteiger partial charge on any atom is 0.301 e. The van der Waals surface area contributed by atoms with E-state index in [4.69, 9.17) is 4.12 Å². The van der Waals surface area contributed by atoms with Gasteiger partial charge >= 0.3 is 6.08 Å². The Morgan fingerprint density at radius 3 is 2.23 bits per heavy atom. The van der Waals surface area contributed by atoms with Gasteiger partial charge in [0.1, 0.15) is 9.76 Å². The van der Waals surface area contributed by atoms with E-state index in [0.717, 1.165) is 0 Å². The van der Waals surface area contributed by atoms with Crippen molar-refractivity contribution in [3.8, 4) is 0 Å². The second kappa shape index (κ2) is 5.61. The zero-order valence-corrected chi connectivity index (χ0v) is 10.6. The first-order chi connectivity index (χ1) is 5.89. The lowest BCUT2D eigenvalue weighted by molar-refractivity contribution is 0.372. The molecule has 6 heteroatoms. The van der Waals surface area contributed by atoms with Crippen molar-refractivity contribution in [2.75, 3.05) is 0 Å². The number of halogens is 3. The number of allylic oxidation sites excluding steroid dienone is 1. The number of hydrogen-bond donors (Lipinski definition) is 0. The third kappa shape index (κ3) is 6.06. The van der Waals surface area contributed by atoms with E-state index in [1.54, 1.807) is 0 Å². The van der Waals surface area contributed by atoms with Gasteiger partial charge in [0.25, 0.3) is 0 Å². The molecule has 0 spiro atoms. The third-order valence-electron chi connectivity index (χ3n) is 1.69. The summed E-state index contributed by atoms with van der Waals surface area (Å²) in [6, 6.07) is 0.428. The molecule has 0 unspecified atom stereocenters. The molecule has 0 N–H and O–H groups in total. The molecule has 0 rings (SSSR count). The van der Waals surface area contributed by atoms with E-state index in [0.29, 0.717) is 6.04 Å². The van der Waals surface area contributed by atoms with Crippen LogP contribution in [0.3, 0.4) is 0 Å². The molecule has 0 amide bonds. The Morgan fingerprint density at radius 1 is 1.31 bits per heavy atom. The molecule has 13 heavy (non-hydrogen) atoms. The van der Waals surface area contributed by atoms with Crippen molar-refractivity contribution in [3.63, 3.8) is 0 Å². The predicted molar refractivity (Wildman–Crippen MR) is 52.7 cm³/mol. The predicted octanol–water partition coefficient (Wildman–Crippen LogP) is 2.81. The van der Waals surface area contributed by atoms with Crippen LogP contribution in [0.2, 0.25) is 25.7 Å². The van der Waals surface area contributed by atoms with Crippen LogP contribution in [0.5, 0.6) is 0 Å². The molecule has 0 aromatic carbocycles. The summed E-state index contributed by atoms with van der Waals surface area (Å²) in [4.78, 5) is 0. The molecule has 0 aromatic rings. The molecule has 0 saturated carbocycles. The minimum Gasteiger partial charge on any atom is -0.461 e. The van der Waals surface area contributed by atoms with E-state index in [2.05, 4.69) is 0 Å². The van der Waals surface area contributed by atoms with Gasteiger partial charge in [-0.1, -0.05) is 6.55 Å². The Bertz CT molecular complexity index is 190. The molecular formula is C7H15F3OSi2. The summed E-state index contributed by atoms with van der Waals surface area (Å²) in [5.74, 6) is -1.29. The fraction of sp³-hybridized carbons (Fsp3) is 0.714. The van der Waals surface area contributed by atoms with E-state index in [9.17, 15) is 13.2 Å². The lowest BCUT2D eigenvalue weighted by Crippen LogP contribution is -2.31. The van der Waals surface area contributed by atoms with Crippen LogP contribution in [-0.4, -0.2) is 18.1 Å². The molecule has 0 aromatic heterocycles. The Morgan fingerprint density at radius 2 is 1.85 bits per heavy atom. The summed E-state index contributed by atoms with van der Waals surface area (Å²) in [5.41, 5.74) is 0. The molecular weight excluding hydrogens is 213 g/mol. The highest BCUT2D eigenvalue weighted by atomic mass is 28.4. The molecule has 0 atom stereocenters. The van der Waals surface area contributed by atoms with Crippen LogP contribution >= 0.6 is 0 Å². The summed E-state index contributed by atoms with van der Waals surface area (Å²) in [6.45, 7) is 5.83. The van der Waals surface area contributed by atoms with Crippen molar-refractivity contribution < 1.29 is 17.3 Å². The normalized spacial score (nSPS) is 12.5.